The van der Waals surface area contributed by atoms with Crippen LogP contribution in [0.4, 0.5) is 0 Å². The molecule has 0 aliphatic rings. The van der Waals surface area contributed by atoms with Crippen LogP contribution >= 0.6 is 11.6 Å². The average Bonchev–Trinajstić information content (AvgIpc) is 1.96. The number of hydrogen-bond acceptors (Lipinski definition) is 2. The fraction of sp³-hybridized carbons (Fsp3) is 0.889. The van der Waals surface area contributed by atoms with Crippen molar-refractivity contribution >= 4 is 17.6 Å². The zero-order chi connectivity index (χ0) is 9.61. The van der Waals surface area contributed by atoms with Gasteiger partial charge in [0.2, 0.25) is 0 Å². The smallest absolute Gasteiger partial charge is 0.326 e. The van der Waals surface area contributed by atoms with E-state index in [9.17, 15) is 4.79 Å². The summed E-state index contributed by atoms with van der Waals surface area (Å²) in [4.78, 5) is 10.2. The third kappa shape index (κ3) is 5.42. The maximum Gasteiger partial charge on any atom is 0.326 e. The Morgan fingerprint density at radius 3 is 2.42 bits per heavy atom. The fourth-order valence-electron chi connectivity index (χ4n) is 0.689. The highest BCUT2D eigenvalue weighted by molar-refractivity contribution is 6.33. The van der Waals surface area contributed by atoms with Gasteiger partial charge in [-0.25, -0.2) is 0 Å². The van der Waals surface area contributed by atoms with E-state index in [1.807, 2.05) is 0 Å². The van der Waals surface area contributed by atoms with E-state index >= 15 is 0 Å². The van der Waals surface area contributed by atoms with E-state index in [2.05, 4.69) is 6.92 Å². The molecule has 0 fully saturated rings. The van der Waals surface area contributed by atoms with Gasteiger partial charge in [0.15, 0.2) is 0 Å². The van der Waals surface area contributed by atoms with E-state index in [-0.39, 0.29) is 5.97 Å². The van der Waals surface area contributed by atoms with Gasteiger partial charge < -0.3 is 4.74 Å². The van der Waals surface area contributed by atoms with Crippen LogP contribution < -0.4 is 0 Å². The summed E-state index contributed by atoms with van der Waals surface area (Å²) in [5, 5.41) is 0. The van der Waals surface area contributed by atoms with Crippen LogP contribution in [0, 0.1) is 0 Å². The van der Waals surface area contributed by atoms with Crippen LogP contribution in [0.2, 0.25) is 0 Å². The van der Waals surface area contributed by atoms with Crippen molar-refractivity contribution in [1.29, 1.82) is 0 Å². The minimum Gasteiger partial charge on any atom is -0.464 e. The van der Waals surface area contributed by atoms with Gasteiger partial charge in [-0.1, -0.05) is 19.8 Å². The fourth-order valence-corrected chi connectivity index (χ4v) is 0.743. The van der Waals surface area contributed by atoms with Crippen molar-refractivity contribution in [3.05, 3.63) is 0 Å². The highest BCUT2D eigenvalue weighted by Gasteiger charge is 2.25. The molecule has 0 saturated heterocycles. The Kier molecular flexibility index (Phi) is 5.31. The molecule has 0 aromatic carbocycles. The molecule has 0 N–H and O–H groups in total. The molecule has 72 valence electrons. The van der Waals surface area contributed by atoms with Crippen LogP contribution in [0.3, 0.4) is 0 Å². The zero-order valence-corrected chi connectivity index (χ0v) is 8.78. The number of rotatable bonds is 5. The Hall–Kier alpha value is -0.240. The second-order valence-corrected chi connectivity index (χ2v) is 4.26. The largest absolute Gasteiger partial charge is 0.464 e. The first-order valence-corrected chi connectivity index (χ1v) is 4.72. The summed E-state index contributed by atoms with van der Waals surface area (Å²) in [5.41, 5.74) is 0. The van der Waals surface area contributed by atoms with Crippen molar-refractivity contribution in [3.63, 3.8) is 0 Å². The summed E-state index contributed by atoms with van der Waals surface area (Å²) in [5.74, 6) is -0.333. The lowest BCUT2D eigenvalue weighted by Gasteiger charge is -2.13. The summed E-state index contributed by atoms with van der Waals surface area (Å²) >= 11 is 5.72. The number of carbonyl (C=O) groups is 1. The first-order chi connectivity index (χ1) is 5.48. The van der Waals surface area contributed by atoms with E-state index < -0.39 is 4.87 Å². The summed E-state index contributed by atoms with van der Waals surface area (Å²) in [6, 6.07) is 0. The van der Waals surface area contributed by atoms with E-state index in [1.165, 1.54) is 0 Å². The number of carbonyl (C=O) groups excluding carboxylic acids is 1. The van der Waals surface area contributed by atoms with Crippen molar-refractivity contribution in [2.45, 2.75) is 44.9 Å². The normalized spacial score (nSPS) is 11.3. The van der Waals surface area contributed by atoms with Gasteiger partial charge in [-0.2, -0.15) is 0 Å². The SMILES string of the molecule is CCCCCOC(=O)C(C)(C)Cl. The maximum atomic E-state index is 11.1. The van der Waals surface area contributed by atoms with Crippen LogP contribution in [0.5, 0.6) is 0 Å². The molecule has 0 aromatic heterocycles. The Morgan fingerprint density at radius 1 is 1.42 bits per heavy atom. The van der Waals surface area contributed by atoms with Gasteiger partial charge in [0.25, 0.3) is 0 Å². The van der Waals surface area contributed by atoms with E-state index in [0.717, 1.165) is 19.3 Å². The summed E-state index contributed by atoms with van der Waals surface area (Å²) < 4.78 is 4.94. The lowest BCUT2D eigenvalue weighted by atomic mass is 10.2. The first-order valence-electron chi connectivity index (χ1n) is 4.34. The van der Waals surface area contributed by atoms with Crippen molar-refractivity contribution < 1.29 is 9.53 Å². The third-order valence-corrected chi connectivity index (χ3v) is 1.62. The molecule has 0 aromatic rings. The number of halogens is 1. The quantitative estimate of drug-likeness (QED) is 0.381. The van der Waals surface area contributed by atoms with E-state index in [4.69, 9.17) is 16.3 Å². The Labute approximate surface area is 79.2 Å². The maximum absolute atomic E-state index is 11.1. The topological polar surface area (TPSA) is 26.3 Å². The van der Waals surface area contributed by atoms with Gasteiger partial charge in [0.1, 0.15) is 4.87 Å². The predicted octanol–water partition coefficient (Wildman–Crippen LogP) is 2.74. The lowest BCUT2D eigenvalue weighted by Crippen LogP contribution is -2.27. The summed E-state index contributed by atoms with van der Waals surface area (Å²) in [6.07, 6.45) is 3.15. The van der Waals surface area contributed by atoms with Gasteiger partial charge in [0, 0.05) is 0 Å². The summed E-state index contributed by atoms with van der Waals surface area (Å²) in [6.45, 7) is 5.86. The average molecular weight is 193 g/mol. The van der Waals surface area contributed by atoms with Crippen LogP contribution in [-0.2, 0) is 9.53 Å². The standard InChI is InChI=1S/C9H17ClO2/c1-4-5-6-7-12-8(11)9(2,3)10/h4-7H2,1-3H3. The number of esters is 1. The summed E-state index contributed by atoms with van der Waals surface area (Å²) in [7, 11) is 0. The molecule has 0 spiro atoms. The molecule has 12 heavy (non-hydrogen) atoms. The van der Waals surface area contributed by atoms with Crippen LogP contribution in [0.15, 0.2) is 0 Å². The van der Waals surface area contributed by atoms with Crippen molar-refractivity contribution in [3.8, 4) is 0 Å². The zero-order valence-electron chi connectivity index (χ0n) is 8.02. The number of alkyl halides is 1. The second-order valence-electron chi connectivity index (χ2n) is 3.32. The Morgan fingerprint density at radius 2 is 2.00 bits per heavy atom. The van der Waals surface area contributed by atoms with Gasteiger partial charge >= 0.3 is 5.97 Å². The minimum atomic E-state index is -0.883. The molecule has 0 aliphatic heterocycles. The molecule has 0 rings (SSSR count). The number of hydrogen-bond donors (Lipinski definition) is 0. The highest BCUT2D eigenvalue weighted by atomic mass is 35.5. The van der Waals surface area contributed by atoms with Crippen molar-refractivity contribution in [2.75, 3.05) is 6.61 Å². The predicted molar refractivity (Wildman–Crippen MR) is 50.4 cm³/mol. The van der Waals surface area contributed by atoms with Crippen molar-refractivity contribution in [2.24, 2.45) is 0 Å². The van der Waals surface area contributed by atoms with Gasteiger partial charge in [-0.3, -0.25) is 4.79 Å². The highest BCUT2D eigenvalue weighted by Crippen LogP contribution is 2.14. The molecule has 0 aliphatic carbocycles. The molecule has 0 atom stereocenters. The molecule has 2 nitrogen and oxygen atoms in total. The van der Waals surface area contributed by atoms with Gasteiger partial charge in [-0.15, -0.1) is 11.6 Å². The molecular formula is C9H17ClO2. The molecule has 0 radical (unpaired) electrons. The first kappa shape index (κ1) is 11.8. The van der Waals surface area contributed by atoms with Crippen molar-refractivity contribution in [1.82, 2.24) is 0 Å². The molecule has 0 saturated carbocycles. The molecule has 0 heterocycles. The Balaban J connectivity index is 3.45. The van der Waals surface area contributed by atoms with Gasteiger partial charge in [-0.05, 0) is 20.3 Å². The second kappa shape index (κ2) is 5.41. The molecule has 0 bridgehead atoms. The molecule has 0 amide bonds. The minimum absolute atomic E-state index is 0.333. The van der Waals surface area contributed by atoms with Crippen LogP contribution in [0.1, 0.15) is 40.0 Å². The monoisotopic (exact) mass is 192 g/mol. The molecule has 0 unspecified atom stereocenters. The molecular weight excluding hydrogens is 176 g/mol. The van der Waals surface area contributed by atoms with E-state index in [1.54, 1.807) is 13.8 Å². The van der Waals surface area contributed by atoms with Crippen LogP contribution in [0.25, 0.3) is 0 Å². The number of unbranched alkanes of at least 4 members (excludes halogenated alkanes) is 2. The third-order valence-electron chi connectivity index (χ3n) is 1.47. The van der Waals surface area contributed by atoms with Crippen LogP contribution in [-0.4, -0.2) is 17.5 Å². The number of ether oxygens (including phenoxy) is 1. The lowest BCUT2D eigenvalue weighted by molar-refractivity contribution is -0.146. The molecule has 3 heteroatoms. The van der Waals surface area contributed by atoms with Gasteiger partial charge in [0.05, 0.1) is 6.61 Å². The Bertz CT molecular complexity index is 138. The van der Waals surface area contributed by atoms with E-state index in [0.29, 0.717) is 6.61 Å².